The number of hydrogen-bond acceptors (Lipinski definition) is 5. The van der Waals surface area contributed by atoms with Gasteiger partial charge in [0.15, 0.2) is 6.10 Å². The normalized spacial score (nSPS) is 15.8. The van der Waals surface area contributed by atoms with E-state index in [1.807, 2.05) is 12.1 Å². The van der Waals surface area contributed by atoms with Gasteiger partial charge in [-0.05, 0) is 23.8 Å². The summed E-state index contributed by atoms with van der Waals surface area (Å²) in [6.45, 7) is 0. The minimum atomic E-state index is -0.899. The molecule has 1 atom stereocenters. The Morgan fingerprint density at radius 1 is 1.28 bits per heavy atom. The monoisotopic (exact) mass is 339 g/mol. The number of aromatic nitrogens is 1. The number of likely N-dealkylation sites (N-methyl/N-ethyl adjacent to an activating group) is 1. The molecule has 2 amide bonds. The summed E-state index contributed by atoms with van der Waals surface area (Å²) >= 11 is 0. The number of hydrogen-bond donors (Lipinski definition) is 1. The second kappa shape index (κ2) is 6.72. The Labute approximate surface area is 144 Å². The van der Waals surface area contributed by atoms with E-state index in [0.29, 0.717) is 17.7 Å². The maximum absolute atomic E-state index is 12.7. The minimum Gasteiger partial charge on any atom is -0.448 e. The van der Waals surface area contributed by atoms with Gasteiger partial charge in [0.2, 0.25) is 0 Å². The van der Waals surface area contributed by atoms with Crippen LogP contribution in [0, 0.1) is 0 Å². The van der Waals surface area contributed by atoms with Crippen LogP contribution < -0.4 is 10.2 Å². The maximum Gasteiger partial charge on any atom is 0.339 e. The lowest BCUT2D eigenvalue weighted by atomic mass is 9.98. The Bertz CT molecular complexity index is 850. The molecule has 1 aromatic carbocycles. The van der Waals surface area contributed by atoms with E-state index in [0.717, 1.165) is 5.56 Å². The average Bonchev–Trinajstić information content (AvgIpc) is 2.66. The van der Waals surface area contributed by atoms with E-state index in [4.69, 9.17) is 4.74 Å². The summed E-state index contributed by atoms with van der Waals surface area (Å²) in [5.74, 6) is -1.22. The number of amides is 2. The van der Waals surface area contributed by atoms with Crippen LogP contribution in [-0.2, 0) is 16.0 Å². The Morgan fingerprint density at radius 3 is 2.80 bits per heavy atom. The first-order valence-electron chi connectivity index (χ1n) is 7.76. The summed E-state index contributed by atoms with van der Waals surface area (Å²) in [7, 11) is 3.07. The van der Waals surface area contributed by atoms with Crippen molar-refractivity contribution in [2.45, 2.75) is 12.5 Å². The molecule has 0 radical (unpaired) electrons. The highest BCUT2D eigenvalue weighted by molar-refractivity contribution is 6.01. The van der Waals surface area contributed by atoms with E-state index in [9.17, 15) is 14.4 Å². The van der Waals surface area contributed by atoms with E-state index in [-0.39, 0.29) is 17.5 Å². The lowest BCUT2D eigenvalue weighted by Gasteiger charge is -2.27. The molecule has 0 fully saturated rings. The predicted molar refractivity (Wildman–Crippen MR) is 90.4 cm³/mol. The topological polar surface area (TPSA) is 88.6 Å². The molecule has 0 saturated heterocycles. The molecule has 128 valence electrons. The third-order valence-electron chi connectivity index (χ3n) is 4.09. The molecule has 0 saturated carbocycles. The number of anilines is 1. The molecule has 0 spiro atoms. The molecule has 2 heterocycles. The molecular weight excluding hydrogens is 322 g/mol. The molecule has 2 aromatic rings. The van der Waals surface area contributed by atoms with Crippen molar-refractivity contribution in [2.75, 3.05) is 19.0 Å². The van der Waals surface area contributed by atoms with Crippen molar-refractivity contribution >= 4 is 23.5 Å². The number of fused-ring (bicyclic) bond motifs is 1. The van der Waals surface area contributed by atoms with Crippen LogP contribution in [0.15, 0.2) is 42.6 Å². The fraction of sp³-hybridized carbons (Fsp3) is 0.222. The van der Waals surface area contributed by atoms with Crippen LogP contribution >= 0.6 is 0 Å². The zero-order chi connectivity index (χ0) is 18.0. The number of nitrogens with one attached hydrogen (secondary N) is 1. The van der Waals surface area contributed by atoms with E-state index < -0.39 is 12.1 Å². The summed E-state index contributed by atoms with van der Waals surface area (Å²) in [5.41, 5.74) is 1.96. The Hall–Kier alpha value is -3.22. The van der Waals surface area contributed by atoms with Crippen molar-refractivity contribution < 1.29 is 19.1 Å². The van der Waals surface area contributed by atoms with Gasteiger partial charge in [-0.15, -0.1) is 0 Å². The molecular formula is C18H17N3O4. The molecule has 25 heavy (non-hydrogen) atoms. The number of esters is 1. The van der Waals surface area contributed by atoms with Gasteiger partial charge in [-0.1, -0.05) is 18.2 Å². The Morgan fingerprint density at radius 2 is 2.04 bits per heavy atom. The minimum absolute atomic E-state index is 0.200. The number of nitrogens with zero attached hydrogens (tertiary/aromatic N) is 2. The van der Waals surface area contributed by atoms with Crippen LogP contribution in [0.3, 0.4) is 0 Å². The van der Waals surface area contributed by atoms with Gasteiger partial charge in [0.25, 0.3) is 11.8 Å². The summed E-state index contributed by atoms with van der Waals surface area (Å²) in [4.78, 5) is 41.8. The second-order valence-corrected chi connectivity index (χ2v) is 5.63. The van der Waals surface area contributed by atoms with Gasteiger partial charge < -0.3 is 15.0 Å². The van der Waals surface area contributed by atoms with Crippen molar-refractivity contribution in [2.24, 2.45) is 0 Å². The number of carbonyl (C=O) groups excluding carboxylic acids is 3. The van der Waals surface area contributed by atoms with Gasteiger partial charge >= 0.3 is 5.97 Å². The summed E-state index contributed by atoms with van der Waals surface area (Å²) < 4.78 is 5.29. The summed E-state index contributed by atoms with van der Waals surface area (Å²) in [6.07, 6.45) is 0.869. The van der Waals surface area contributed by atoms with Crippen LogP contribution in [0.25, 0.3) is 0 Å². The van der Waals surface area contributed by atoms with Crippen LogP contribution in [0.5, 0.6) is 0 Å². The van der Waals surface area contributed by atoms with Crippen molar-refractivity contribution in [1.82, 2.24) is 10.3 Å². The van der Waals surface area contributed by atoms with Gasteiger partial charge in [-0.3, -0.25) is 14.6 Å². The zero-order valence-corrected chi connectivity index (χ0v) is 13.9. The summed E-state index contributed by atoms with van der Waals surface area (Å²) in [6, 6.07) is 10.2. The third-order valence-corrected chi connectivity index (χ3v) is 4.09. The van der Waals surface area contributed by atoms with Gasteiger partial charge in [-0.25, -0.2) is 4.79 Å². The molecule has 7 nitrogen and oxygen atoms in total. The van der Waals surface area contributed by atoms with E-state index >= 15 is 0 Å². The first kappa shape index (κ1) is 16.6. The van der Waals surface area contributed by atoms with Crippen molar-refractivity contribution in [3.8, 4) is 0 Å². The first-order valence-corrected chi connectivity index (χ1v) is 7.76. The number of rotatable bonds is 3. The molecule has 1 N–H and O–H groups in total. The molecule has 3 rings (SSSR count). The molecule has 1 aliphatic heterocycles. The molecule has 0 unspecified atom stereocenters. The Kier molecular flexibility index (Phi) is 4.47. The van der Waals surface area contributed by atoms with E-state index in [1.54, 1.807) is 25.2 Å². The van der Waals surface area contributed by atoms with Crippen LogP contribution in [0.2, 0.25) is 0 Å². The van der Waals surface area contributed by atoms with Gasteiger partial charge in [-0.2, -0.15) is 0 Å². The maximum atomic E-state index is 12.7. The highest BCUT2D eigenvalue weighted by atomic mass is 16.5. The van der Waals surface area contributed by atoms with Gasteiger partial charge in [0.1, 0.15) is 5.69 Å². The van der Waals surface area contributed by atoms with Gasteiger partial charge in [0.05, 0.1) is 5.56 Å². The van der Waals surface area contributed by atoms with Crippen molar-refractivity contribution in [3.05, 3.63) is 59.4 Å². The number of carbonyl (C=O) groups is 3. The lowest BCUT2D eigenvalue weighted by molar-refractivity contribution is -0.127. The lowest BCUT2D eigenvalue weighted by Crippen LogP contribution is -2.43. The molecule has 7 heteroatoms. The zero-order valence-electron chi connectivity index (χ0n) is 13.9. The molecule has 0 bridgehead atoms. The smallest absolute Gasteiger partial charge is 0.339 e. The average molecular weight is 339 g/mol. The van der Waals surface area contributed by atoms with Gasteiger partial charge in [0, 0.05) is 32.4 Å². The Balaban J connectivity index is 1.82. The number of cyclic esters (lactones) is 1. The molecule has 0 aliphatic carbocycles. The fourth-order valence-electron chi connectivity index (χ4n) is 2.69. The fourth-order valence-corrected chi connectivity index (χ4v) is 2.69. The van der Waals surface area contributed by atoms with E-state index in [1.165, 1.54) is 24.2 Å². The highest BCUT2D eigenvalue weighted by Crippen LogP contribution is 2.23. The summed E-state index contributed by atoms with van der Waals surface area (Å²) in [5, 5.41) is 2.48. The number of pyridine rings is 1. The van der Waals surface area contributed by atoms with E-state index in [2.05, 4.69) is 10.3 Å². The quantitative estimate of drug-likeness (QED) is 0.849. The van der Waals surface area contributed by atoms with Crippen LogP contribution in [0.1, 0.15) is 26.4 Å². The first-order chi connectivity index (χ1) is 12.0. The highest BCUT2D eigenvalue weighted by Gasteiger charge is 2.33. The molecule has 1 aromatic heterocycles. The largest absolute Gasteiger partial charge is 0.448 e. The number of benzene rings is 1. The van der Waals surface area contributed by atoms with Crippen molar-refractivity contribution in [1.29, 1.82) is 0 Å². The van der Waals surface area contributed by atoms with Crippen molar-refractivity contribution in [3.63, 3.8) is 0 Å². The number of ether oxygens (including phenoxy) is 1. The SMILES string of the molecule is CNC(=O)c1cc(N(C)C(=O)[C@@H]2Cc3ccccc3C(=O)O2)ccn1. The second-order valence-electron chi connectivity index (χ2n) is 5.63. The standard InChI is InChI=1S/C18H17N3O4/c1-19-16(22)14-10-12(7-8-20-14)21(2)17(23)15-9-11-5-3-4-6-13(11)18(24)25-15/h3-8,10,15H,9H2,1-2H3,(H,19,22)/t15-/m0/s1. The third kappa shape index (κ3) is 3.21. The van der Waals surface area contributed by atoms with Crippen LogP contribution in [0.4, 0.5) is 5.69 Å². The predicted octanol–water partition coefficient (Wildman–Crippen LogP) is 1.19. The van der Waals surface area contributed by atoms with Crippen LogP contribution in [-0.4, -0.2) is 43.0 Å². The molecule has 1 aliphatic rings.